The van der Waals surface area contributed by atoms with Crippen molar-refractivity contribution in [2.45, 2.75) is 83.0 Å². The first-order valence-electron chi connectivity index (χ1n) is 15.6. The lowest BCUT2D eigenvalue weighted by Crippen LogP contribution is -2.38. The lowest BCUT2D eigenvalue weighted by atomic mass is 9.67. The van der Waals surface area contributed by atoms with E-state index in [1.165, 1.54) is 12.4 Å². The predicted octanol–water partition coefficient (Wildman–Crippen LogP) is 8.72. The molecule has 0 spiro atoms. The second-order valence-electron chi connectivity index (χ2n) is 12.8. The quantitative estimate of drug-likeness (QED) is 0.116. The number of hydrogen-bond donors (Lipinski definition) is 3. The number of benzene rings is 2. The smallest absolute Gasteiger partial charge is 0.310 e. The Kier molecular flexibility index (Phi) is 9.72. The molecule has 3 N–H and O–H groups in total. The Bertz CT molecular complexity index is 1790. The van der Waals surface area contributed by atoms with Gasteiger partial charge >= 0.3 is 5.97 Å². The molecule has 8 nitrogen and oxygen atoms in total. The standard InChI is InChI=1S/C37H42N4O4S/c1-7-37(8-2,35(43)44)30(17-24-10-12-25(13-11-24)34-39-20-27(42)21-40-34)32-33(46-36(4,5)6)29-18-28(15-16-31(29)41-32)45-22-26-14-9-23(3)19-38-26/h9-16,18-21,30,41-42H,7-8,17,22H2,1-6H3,(H,43,44). The zero-order valence-corrected chi connectivity index (χ0v) is 28.1. The number of pyridine rings is 1. The fourth-order valence-corrected chi connectivity index (χ4v) is 7.12. The number of aryl methyl sites for hydroxylation is 1. The molecular formula is C37H42N4O4S. The van der Waals surface area contributed by atoms with Gasteiger partial charge in [0.1, 0.15) is 12.4 Å². The number of aliphatic carboxylic acids is 1. The molecule has 0 fully saturated rings. The van der Waals surface area contributed by atoms with Crippen LogP contribution in [0.2, 0.25) is 0 Å². The summed E-state index contributed by atoms with van der Waals surface area (Å²) in [6.45, 7) is 12.8. The molecular weight excluding hydrogens is 596 g/mol. The van der Waals surface area contributed by atoms with Crippen LogP contribution in [0.5, 0.6) is 11.5 Å². The maximum atomic E-state index is 13.2. The maximum Gasteiger partial charge on any atom is 0.310 e. The first-order chi connectivity index (χ1) is 21.9. The van der Waals surface area contributed by atoms with Crippen LogP contribution in [0.3, 0.4) is 0 Å². The Morgan fingerprint density at radius 1 is 0.957 bits per heavy atom. The van der Waals surface area contributed by atoms with Gasteiger partial charge in [0, 0.05) is 43.9 Å². The zero-order valence-electron chi connectivity index (χ0n) is 27.3. The largest absolute Gasteiger partial charge is 0.505 e. The van der Waals surface area contributed by atoms with E-state index < -0.39 is 11.4 Å². The second-order valence-corrected chi connectivity index (χ2v) is 14.6. The highest BCUT2D eigenvalue weighted by Gasteiger charge is 2.45. The molecule has 240 valence electrons. The summed E-state index contributed by atoms with van der Waals surface area (Å²) in [6.07, 6.45) is 6.07. The average Bonchev–Trinajstić information content (AvgIpc) is 3.37. The average molecular weight is 639 g/mol. The third kappa shape index (κ3) is 7.20. The molecule has 1 atom stereocenters. The Labute approximate surface area is 274 Å². The molecule has 0 radical (unpaired) electrons. The topological polar surface area (TPSA) is 121 Å². The predicted molar refractivity (Wildman–Crippen MR) is 183 cm³/mol. The molecule has 0 aliphatic carbocycles. The van der Waals surface area contributed by atoms with Gasteiger partial charge in [-0.3, -0.25) is 9.78 Å². The number of carboxylic acids is 1. The van der Waals surface area contributed by atoms with E-state index in [1.807, 2.05) is 75.5 Å². The normalized spacial score (nSPS) is 12.7. The van der Waals surface area contributed by atoms with Gasteiger partial charge in [0.2, 0.25) is 0 Å². The first-order valence-corrected chi connectivity index (χ1v) is 16.5. The van der Waals surface area contributed by atoms with E-state index in [0.29, 0.717) is 31.7 Å². The van der Waals surface area contributed by atoms with E-state index >= 15 is 0 Å². The number of rotatable bonds is 12. The van der Waals surface area contributed by atoms with E-state index in [9.17, 15) is 15.0 Å². The van der Waals surface area contributed by atoms with Crippen LogP contribution in [0.25, 0.3) is 22.3 Å². The van der Waals surface area contributed by atoms with Crippen LogP contribution in [0.1, 0.15) is 75.9 Å². The Balaban J connectivity index is 1.58. The summed E-state index contributed by atoms with van der Waals surface area (Å²) in [5.74, 6) is 0.121. The minimum Gasteiger partial charge on any atom is -0.505 e. The number of carbonyl (C=O) groups is 1. The summed E-state index contributed by atoms with van der Waals surface area (Å²) in [6, 6.07) is 17.9. The fourth-order valence-electron chi connectivity index (χ4n) is 5.92. The van der Waals surface area contributed by atoms with Crippen molar-refractivity contribution in [3.8, 4) is 22.9 Å². The van der Waals surface area contributed by atoms with Gasteiger partial charge in [-0.05, 0) is 61.6 Å². The Morgan fingerprint density at radius 2 is 1.65 bits per heavy atom. The number of hydrogen-bond acceptors (Lipinski definition) is 7. The minimum atomic E-state index is -0.997. The number of ether oxygens (including phenoxy) is 1. The van der Waals surface area contributed by atoms with Crippen LogP contribution in [0, 0.1) is 12.3 Å². The van der Waals surface area contributed by atoms with Crippen LogP contribution in [-0.4, -0.2) is 40.9 Å². The van der Waals surface area contributed by atoms with E-state index in [0.717, 1.165) is 49.6 Å². The Morgan fingerprint density at radius 3 is 2.24 bits per heavy atom. The van der Waals surface area contributed by atoms with Crippen molar-refractivity contribution in [1.82, 2.24) is 19.9 Å². The van der Waals surface area contributed by atoms with Gasteiger partial charge in [0.15, 0.2) is 11.6 Å². The van der Waals surface area contributed by atoms with E-state index in [-0.39, 0.29) is 16.4 Å². The number of aromatic nitrogens is 4. The third-order valence-electron chi connectivity index (χ3n) is 8.51. The minimum absolute atomic E-state index is 0.0107. The summed E-state index contributed by atoms with van der Waals surface area (Å²) in [7, 11) is 0. The fraction of sp³-hybridized carbons (Fsp3) is 0.351. The van der Waals surface area contributed by atoms with Crippen molar-refractivity contribution in [1.29, 1.82) is 0 Å². The molecule has 0 bridgehead atoms. The van der Waals surface area contributed by atoms with Gasteiger partial charge in [-0.1, -0.05) is 65.0 Å². The van der Waals surface area contributed by atoms with Crippen molar-refractivity contribution >= 4 is 28.6 Å². The number of fused-ring (bicyclic) bond motifs is 1. The SMILES string of the molecule is CCC(CC)(C(=O)O)C(Cc1ccc(-c2ncc(O)cn2)cc1)c1[nH]c2ccc(OCc3ccc(C)cn3)cc2c1SC(C)(C)C. The molecule has 0 amide bonds. The summed E-state index contributed by atoms with van der Waals surface area (Å²) in [4.78, 5) is 30.8. The number of carboxylic acid groups (broad SMARTS) is 1. The summed E-state index contributed by atoms with van der Waals surface area (Å²) < 4.78 is 6.06. The van der Waals surface area contributed by atoms with Crippen LogP contribution < -0.4 is 4.74 Å². The summed E-state index contributed by atoms with van der Waals surface area (Å²) in [5, 5.41) is 21.4. The van der Waals surface area contributed by atoms with Gasteiger partial charge in [-0.2, -0.15) is 0 Å². The number of thioether (sulfide) groups is 1. The molecule has 0 saturated carbocycles. The molecule has 2 aromatic carbocycles. The molecule has 9 heteroatoms. The van der Waals surface area contributed by atoms with Gasteiger partial charge in [-0.25, -0.2) is 9.97 Å². The molecule has 5 rings (SSSR count). The van der Waals surface area contributed by atoms with Crippen LogP contribution in [0.15, 0.2) is 78.1 Å². The van der Waals surface area contributed by atoms with Crippen molar-refractivity contribution in [3.63, 3.8) is 0 Å². The number of aromatic hydroxyl groups is 1. The summed E-state index contributed by atoms with van der Waals surface area (Å²) >= 11 is 1.75. The molecule has 1 unspecified atom stereocenters. The van der Waals surface area contributed by atoms with Crippen molar-refractivity contribution in [2.75, 3.05) is 0 Å². The highest BCUT2D eigenvalue weighted by atomic mass is 32.2. The van der Waals surface area contributed by atoms with Gasteiger partial charge in [0.25, 0.3) is 0 Å². The monoisotopic (exact) mass is 638 g/mol. The number of nitrogens with one attached hydrogen (secondary N) is 1. The maximum absolute atomic E-state index is 13.2. The highest BCUT2D eigenvalue weighted by Crippen LogP contribution is 2.50. The van der Waals surface area contributed by atoms with E-state index in [4.69, 9.17) is 4.74 Å². The van der Waals surface area contributed by atoms with Gasteiger partial charge in [0.05, 0.1) is 23.5 Å². The van der Waals surface area contributed by atoms with E-state index in [2.05, 4.69) is 46.8 Å². The lowest BCUT2D eigenvalue weighted by molar-refractivity contribution is -0.151. The second kappa shape index (κ2) is 13.5. The van der Waals surface area contributed by atoms with Crippen LogP contribution >= 0.6 is 11.8 Å². The number of aromatic amines is 1. The molecule has 3 heterocycles. The third-order valence-corrected chi connectivity index (χ3v) is 9.77. The van der Waals surface area contributed by atoms with Gasteiger partial charge < -0.3 is 19.9 Å². The van der Waals surface area contributed by atoms with Crippen molar-refractivity contribution < 1.29 is 19.7 Å². The number of H-pyrrole nitrogens is 1. The first kappa shape index (κ1) is 33.0. The van der Waals surface area contributed by atoms with Crippen LogP contribution in [0.4, 0.5) is 0 Å². The molecule has 0 aliphatic heterocycles. The van der Waals surface area contributed by atoms with E-state index in [1.54, 1.807) is 11.8 Å². The van der Waals surface area contributed by atoms with Gasteiger partial charge in [-0.15, -0.1) is 11.8 Å². The molecule has 0 saturated heterocycles. The Hall–Kier alpha value is -4.37. The zero-order chi connectivity index (χ0) is 33.1. The van der Waals surface area contributed by atoms with Crippen LogP contribution in [-0.2, 0) is 17.8 Å². The summed E-state index contributed by atoms with van der Waals surface area (Å²) in [5.41, 5.74) is 4.66. The molecule has 3 aromatic heterocycles. The molecule has 46 heavy (non-hydrogen) atoms. The van der Waals surface area contributed by atoms with Crippen molar-refractivity contribution in [2.24, 2.45) is 5.41 Å². The number of nitrogens with zero attached hydrogens (tertiary/aromatic N) is 3. The lowest BCUT2D eigenvalue weighted by Gasteiger charge is -2.36. The molecule has 5 aromatic rings. The van der Waals surface area contributed by atoms with Crippen molar-refractivity contribution in [3.05, 3.63) is 95.7 Å². The highest BCUT2D eigenvalue weighted by molar-refractivity contribution is 8.00. The molecule has 0 aliphatic rings.